The van der Waals surface area contributed by atoms with Crippen molar-refractivity contribution in [3.8, 4) is 11.5 Å². The topological polar surface area (TPSA) is 40.0 Å². The number of halogens is 1. The molecule has 3 aromatic carbocycles. The Morgan fingerprint density at radius 2 is 1.59 bits per heavy atom. The predicted molar refractivity (Wildman–Crippen MR) is 103 cm³/mol. The first kappa shape index (κ1) is 18.5. The summed E-state index contributed by atoms with van der Waals surface area (Å²) in [6, 6.07) is 21.6. The monoisotopic (exact) mass is 365 g/mol. The maximum absolute atomic E-state index is 12.9. The molecule has 0 amide bonds. The quantitative estimate of drug-likeness (QED) is 0.418. The molecule has 0 saturated heterocycles. The lowest BCUT2D eigenvalue weighted by Crippen LogP contribution is -1.98. The van der Waals surface area contributed by atoms with Crippen LogP contribution in [0.2, 0.25) is 0 Å². The van der Waals surface area contributed by atoms with Crippen LogP contribution in [0.3, 0.4) is 0 Å². The van der Waals surface area contributed by atoms with Gasteiger partial charge in [-0.1, -0.05) is 47.6 Å². The number of hydrogen-bond acceptors (Lipinski definition) is 4. The fourth-order valence-corrected chi connectivity index (χ4v) is 2.41. The van der Waals surface area contributed by atoms with Crippen molar-refractivity contribution in [3.63, 3.8) is 0 Å². The first-order valence-corrected chi connectivity index (χ1v) is 8.49. The Balaban J connectivity index is 1.57. The summed E-state index contributed by atoms with van der Waals surface area (Å²) < 4.78 is 24.1. The Hall–Kier alpha value is -3.34. The van der Waals surface area contributed by atoms with Gasteiger partial charge in [0.2, 0.25) is 0 Å². The minimum absolute atomic E-state index is 0.270. The van der Waals surface area contributed by atoms with Crippen molar-refractivity contribution in [3.05, 3.63) is 95.3 Å². The lowest BCUT2D eigenvalue weighted by atomic mass is 10.2. The second-order valence-electron chi connectivity index (χ2n) is 5.82. The molecule has 0 unspecified atom stereocenters. The molecule has 0 fully saturated rings. The number of rotatable bonds is 8. The van der Waals surface area contributed by atoms with E-state index < -0.39 is 0 Å². The molecule has 0 saturated carbocycles. The lowest BCUT2D eigenvalue weighted by Gasteiger charge is -2.11. The molecule has 0 spiro atoms. The molecule has 138 valence electrons. The number of methoxy groups -OCH3 is 1. The van der Waals surface area contributed by atoms with E-state index in [1.807, 2.05) is 48.5 Å². The molecule has 0 heterocycles. The van der Waals surface area contributed by atoms with Gasteiger partial charge in [-0.2, -0.15) is 0 Å². The summed E-state index contributed by atoms with van der Waals surface area (Å²) in [5.41, 5.74) is 2.74. The largest absolute Gasteiger partial charge is 0.493 e. The zero-order chi connectivity index (χ0) is 18.9. The summed E-state index contributed by atoms with van der Waals surface area (Å²) in [5, 5.41) is 3.94. The molecule has 0 atom stereocenters. The number of ether oxygens (including phenoxy) is 2. The van der Waals surface area contributed by atoms with Crippen LogP contribution in [0.25, 0.3) is 0 Å². The van der Waals surface area contributed by atoms with Crippen molar-refractivity contribution in [1.82, 2.24) is 0 Å². The molecular weight excluding hydrogens is 345 g/mol. The average Bonchev–Trinajstić information content (AvgIpc) is 2.72. The number of oxime groups is 1. The first-order chi connectivity index (χ1) is 13.2. The highest BCUT2D eigenvalue weighted by molar-refractivity contribution is 5.80. The van der Waals surface area contributed by atoms with Crippen LogP contribution in [0.1, 0.15) is 16.7 Å². The fraction of sp³-hybridized carbons (Fsp3) is 0.136. The van der Waals surface area contributed by atoms with Gasteiger partial charge in [-0.15, -0.1) is 0 Å². The lowest BCUT2D eigenvalue weighted by molar-refractivity contribution is 0.132. The molecular formula is C22H20FNO3. The second kappa shape index (κ2) is 9.38. The molecule has 0 radical (unpaired) electrons. The van der Waals surface area contributed by atoms with Gasteiger partial charge in [0.1, 0.15) is 19.0 Å². The molecule has 3 aromatic rings. The van der Waals surface area contributed by atoms with E-state index in [1.165, 1.54) is 12.1 Å². The van der Waals surface area contributed by atoms with Crippen LogP contribution in [-0.4, -0.2) is 13.3 Å². The minimum atomic E-state index is -0.274. The Bertz CT molecular complexity index is 880. The Morgan fingerprint density at radius 3 is 2.33 bits per heavy atom. The van der Waals surface area contributed by atoms with Gasteiger partial charge in [0.25, 0.3) is 0 Å². The summed E-state index contributed by atoms with van der Waals surface area (Å²) in [4.78, 5) is 5.25. The maximum Gasteiger partial charge on any atom is 0.161 e. The normalized spacial score (nSPS) is 10.7. The van der Waals surface area contributed by atoms with Gasteiger partial charge in [0.15, 0.2) is 11.5 Å². The van der Waals surface area contributed by atoms with E-state index in [-0.39, 0.29) is 12.4 Å². The van der Waals surface area contributed by atoms with Crippen LogP contribution in [0, 0.1) is 5.82 Å². The van der Waals surface area contributed by atoms with Gasteiger partial charge in [-0.05, 0) is 41.5 Å². The van der Waals surface area contributed by atoms with Crippen molar-refractivity contribution in [2.45, 2.75) is 13.2 Å². The zero-order valence-corrected chi connectivity index (χ0v) is 15.0. The van der Waals surface area contributed by atoms with E-state index in [1.54, 1.807) is 25.5 Å². The van der Waals surface area contributed by atoms with Gasteiger partial charge < -0.3 is 14.3 Å². The van der Waals surface area contributed by atoms with E-state index >= 15 is 0 Å². The highest BCUT2D eigenvalue weighted by atomic mass is 19.1. The van der Waals surface area contributed by atoms with Crippen LogP contribution >= 0.6 is 0 Å². The molecule has 5 heteroatoms. The molecule has 0 bridgehead atoms. The smallest absolute Gasteiger partial charge is 0.161 e. The van der Waals surface area contributed by atoms with Crippen molar-refractivity contribution < 1.29 is 18.7 Å². The van der Waals surface area contributed by atoms with Gasteiger partial charge in [-0.25, -0.2) is 4.39 Å². The first-order valence-electron chi connectivity index (χ1n) is 8.49. The fourth-order valence-electron chi connectivity index (χ4n) is 2.41. The van der Waals surface area contributed by atoms with Crippen molar-refractivity contribution in [2.24, 2.45) is 5.16 Å². The highest BCUT2D eigenvalue weighted by Gasteiger charge is 2.05. The molecule has 27 heavy (non-hydrogen) atoms. The van der Waals surface area contributed by atoms with Crippen LogP contribution in [0.5, 0.6) is 11.5 Å². The van der Waals surface area contributed by atoms with Crippen molar-refractivity contribution in [2.75, 3.05) is 7.11 Å². The molecule has 0 N–H and O–H groups in total. The van der Waals surface area contributed by atoms with E-state index in [2.05, 4.69) is 5.16 Å². The predicted octanol–water partition coefficient (Wildman–Crippen LogP) is 4.96. The maximum atomic E-state index is 12.9. The minimum Gasteiger partial charge on any atom is -0.493 e. The third-order valence-corrected chi connectivity index (χ3v) is 3.85. The highest BCUT2D eigenvalue weighted by Crippen LogP contribution is 2.28. The van der Waals surface area contributed by atoms with Gasteiger partial charge in [0, 0.05) is 5.56 Å². The molecule has 0 aliphatic carbocycles. The number of nitrogens with zero attached hydrogens (tertiary/aromatic N) is 1. The summed E-state index contributed by atoms with van der Waals surface area (Å²) in [7, 11) is 1.59. The van der Waals surface area contributed by atoms with Gasteiger partial charge in [0.05, 0.1) is 13.3 Å². The van der Waals surface area contributed by atoms with Crippen molar-refractivity contribution in [1.29, 1.82) is 0 Å². The molecule has 0 aliphatic heterocycles. The Labute approximate surface area is 157 Å². The molecule has 3 rings (SSSR count). The third kappa shape index (κ3) is 5.57. The van der Waals surface area contributed by atoms with E-state index in [4.69, 9.17) is 14.3 Å². The summed E-state index contributed by atoms with van der Waals surface area (Å²) in [6.07, 6.45) is 1.59. The number of hydrogen-bond donors (Lipinski definition) is 0. The van der Waals surface area contributed by atoms with Crippen LogP contribution < -0.4 is 9.47 Å². The molecule has 0 aromatic heterocycles. The van der Waals surface area contributed by atoms with Crippen molar-refractivity contribution >= 4 is 6.21 Å². The van der Waals surface area contributed by atoms with Gasteiger partial charge in [-0.3, -0.25) is 0 Å². The Kier molecular flexibility index (Phi) is 6.41. The average molecular weight is 365 g/mol. The SMILES string of the molecule is COc1cc(/C=N/OCc2ccc(F)cc2)ccc1OCc1ccccc1. The molecule has 0 aliphatic rings. The molecule has 4 nitrogen and oxygen atoms in total. The van der Waals surface area contributed by atoms with Crippen LogP contribution in [0.4, 0.5) is 4.39 Å². The van der Waals surface area contributed by atoms with Crippen LogP contribution in [0.15, 0.2) is 78.0 Å². The van der Waals surface area contributed by atoms with Gasteiger partial charge >= 0.3 is 0 Å². The summed E-state index contributed by atoms with van der Waals surface area (Å²) >= 11 is 0. The third-order valence-electron chi connectivity index (χ3n) is 3.85. The van der Waals surface area contributed by atoms with Crippen LogP contribution in [-0.2, 0) is 18.1 Å². The van der Waals surface area contributed by atoms with E-state index in [0.29, 0.717) is 18.1 Å². The zero-order valence-electron chi connectivity index (χ0n) is 15.0. The summed E-state index contributed by atoms with van der Waals surface area (Å²) in [5.74, 6) is 1.00. The number of benzene rings is 3. The second-order valence-corrected chi connectivity index (χ2v) is 5.82. The Morgan fingerprint density at radius 1 is 0.852 bits per heavy atom. The standard InChI is InChI=1S/C22H20FNO3/c1-25-22-13-19(14-24-27-16-18-7-10-20(23)11-8-18)9-12-21(22)26-15-17-5-3-2-4-6-17/h2-14H,15-16H2,1H3/b24-14+. The van der Waals surface area contributed by atoms with E-state index in [0.717, 1.165) is 16.7 Å². The summed E-state index contributed by atoms with van der Waals surface area (Å²) in [6.45, 7) is 0.734. The van der Waals surface area contributed by atoms with E-state index in [9.17, 15) is 4.39 Å².